The van der Waals surface area contributed by atoms with Crippen molar-refractivity contribution in [2.75, 3.05) is 40.4 Å². The second-order valence-corrected chi connectivity index (χ2v) is 6.15. The first kappa shape index (κ1) is 16.0. The van der Waals surface area contributed by atoms with Gasteiger partial charge in [0.05, 0.1) is 14.2 Å². The van der Waals surface area contributed by atoms with E-state index < -0.39 is 10.4 Å². The van der Waals surface area contributed by atoms with Gasteiger partial charge in [0.1, 0.15) is 0 Å². The Morgan fingerprint density at radius 3 is 2.24 bits per heavy atom. The summed E-state index contributed by atoms with van der Waals surface area (Å²) in [7, 11) is -1.42. The molecule has 0 radical (unpaired) electrons. The zero-order valence-corrected chi connectivity index (χ0v) is 12.9. The molecule has 0 spiro atoms. The molecule has 6 nitrogen and oxygen atoms in total. The summed E-state index contributed by atoms with van der Waals surface area (Å²) in [6.07, 6.45) is 0. The number of hydrogen-bond donors (Lipinski definition) is 0. The smallest absolute Gasteiger partial charge is 0.374 e. The maximum Gasteiger partial charge on any atom is 0.374 e. The van der Waals surface area contributed by atoms with Crippen molar-refractivity contribution in [3.8, 4) is 11.5 Å². The van der Waals surface area contributed by atoms with E-state index in [1.54, 1.807) is 14.2 Å². The molecule has 0 saturated carbocycles. The summed E-state index contributed by atoms with van der Waals surface area (Å²) >= 11 is 0. The molecule has 2 rings (SSSR count). The number of halogens is 1. The van der Waals surface area contributed by atoms with E-state index in [9.17, 15) is 12.3 Å². The molecule has 1 saturated heterocycles. The van der Waals surface area contributed by atoms with E-state index in [-0.39, 0.29) is 13.1 Å². The molecule has 0 unspecified atom stereocenters. The van der Waals surface area contributed by atoms with Crippen LogP contribution in [0.25, 0.3) is 0 Å². The average molecular weight is 318 g/mol. The van der Waals surface area contributed by atoms with Crippen LogP contribution in [0.2, 0.25) is 0 Å². The molecule has 1 fully saturated rings. The maximum absolute atomic E-state index is 12.9. The fraction of sp³-hybridized carbons (Fsp3) is 0.538. The molecule has 1 aromatic carbocycles. The van der Waals surface area contributed by atoms with Crippen molar-refractivity contribution >= 4 is 10.4 Å². The van der Waals surface area contributed by atoms with E-state index in [1.165, 1.54) is 0 Å². The average Bonchev–Trinajstić information content (AvgIpc) is 2.46. The van der Waals surface area contributed by atoms with Crippen molar-refractivity contribution in [1.29, 1.82) is 0 Å². The summed E-state index contributed by atoms with van der Waals surface area (Å²) in [4.78, 5) is 2.07. The van der Waals surface area contributed by atoms with Crippen molar-refractivity contribution in [2.45, 2.75) is 6.54 Å². The Labute approximate surface area is 124 Å². The van der Waals surface area contributed by atoms with Crippen LogP contribution in [-0.2, 0) is 17.0 Å². The molecule has 1 heterocycles. The summed E-state index contributed by atoms with van der Waals surface area (Å²) in [6, 6.07) is 5.65. The Hall–Kier alpha value is -1.38. The molecule has 1 aliphatic rings. The van der Waals surface area contributed by atoms with Crippen molar-refractivity contribution in [3.05, 3.63) is 23.8 Å². The molecule has 0 N–H and O–H groups in total. The Morgan fingerprint density at radius 1 is 1.10 bits per heavy atom. The molecule has 0 atom stereocenters. The Bertz CT molecular complexity index is 586. The summed E-state index contributed by atoms with van der Waals surface area (Å²) in [5.41, 5.74) is 1.03. The monoisotopic (exact) mass is 318 g/mol. The lowest BCUT2D eigenvalue weighted by atomic mass is 10.1. The summed E-state index contributed by atoms with van der Waals surface area (Å²) in [5.74, 6) is 1.31. The van der Waals surface area contributed by atoms with Crippen LogP contribution >= 0.6 is 0 Å². The fourth-order valence-electron chi connectivity index (χ4n) is 2.34. The Balaban J connectivity index is 1.98. The van der Waals surface area contributed by atoms with Gasteiger partial charge < -0.3 is 9.47 Å². The highest BCUT2D eigenvalue weighted by Gasteiger charge is 2.26. The van der Waals surface area contributed by atoms with Gasteiger partial charge in [-0.05, 0) is 17.7 Å². The highest BCUT2D eigenvalue weighted by Crippen LogP contribution is 2.28. The second-order valence-electron chi connectivity index (χ2n) is 4.81. The van der Waals surface area contributed by atoms with Crippen molar-refractivity contribution in [2.24, 2.45) is 0 Å². The molecule has 8 heteroatoms. The van der Waals surface area contributed by atoms with Gasteiger partial charge >= 0.3 is 10.4 Å². The van der Waals surface area contributed by atoms with Gasteiger partial charge in [-0.1, -0.05) is 9.95 Å². The normalized spacial score (nSPS) is 17.7. The van der Waals surface area contributed by atoms with Crippen LogP contribution in [0, 0.1) is 0 Å². The highest BCUT2D eigenvalue weighted by atomic mass is 32.3. The van der Waals surface area contributed by atoms with Gasteiger partial charge in [0, 0.05) is 32.7 Å². The fourth-order valence-corrected chi connectivity index (χ4v) is 2.94. The van der Waals surface area contributed by atoms with Gasteiger partial charge in [-0.25, -0.2) is 0 Å². The molecule has 118 valence electrons. The van der Waals surface area contributed by atoms with Gasteiger partial charge in [0.25, 0.3) is 0 Å². The van der Waals surface area contributed by atoms with Crippen molar-refractivity contribution in [3.63, 3.8) is 0 Å². The van der Waals surface area contributed by atoms with Crippen LogP contribution in [0.1, 0.15) is 5.56 Å². The lowest BCUT2D eigenvalue weighted by molar-refractivity contribution is 0.177. The van der Waals surface area contributed by atoms with Crippen LogP contribution in [0.15, 0.2) is 18.2 Å². The zero-order chi connectivity index (χ0) is 15.5. The van der Waals surface area contributed by atoms with Gasteiger partial charge in [-0.3, -0.25) is 4.90 Å². The zero-order valence-electron chi connectivity index (χ0n) is 12.1. The number of hydrogen-bond acceptors (Lipinski definition) is 5. The molecule has 1 aliphatic heterocycles. The van der Waals surface area contributed by atoms with Crippen LogP contribution in [-0.4, -0.2) is 58.0 Å². The van der Waals surface area contributed by atoms with Gasteiger partial charge in [-0.15, -0.1) is 0 Å². The quantitative estimate of drug-likeness (QED) is 0.759. The van der Waals surface area contributed by atoms with Crippen LogP contribution in [0.5, 0.6) is 11.5 Å². The molecule has 0 aliphatic carbocycles. The van der Waals surface area contributed by atoms with Crippen LogP contribution in [0.4, 0.5) is 3.89 Å². The number of rotatable bonds is 5. The van der Waals surface area contributed by atoms with Gasteiger partial charge in [0.15, 0.2) is 11.5 Å². The standard InChI is InChI=1S/C13H19FN2O4S/c1-19-12-4-3-11(9-13(12)20-2)10-15-5-7-16(8-6-15)21(14,17)18/h3-4,9H,5-8,10H2,1-2H3. The maximum atomic E-state index is 12.9. The van der Waals surface area contributed by atoms with Crippen LogP contribution < -0.4 is 9.47 Å². The molecule has 21 heavy (non-hydrogen) atoms. The third kappa shape index (κ3) is 4.05. The molecule has 0 bridgehead atoms. The lowest BCUT2D eigenvalue weighted by Gasteiger charge is -2.32. The first-order valence-corrected chi connectivity index (χ1v) is 7.91. The van der Waals surface area contributed by atoms with E-state index in [0.717, 1.165) is 9.87 Å². The van der Waals surface area contributed by atoms with E-state index in [0.29, 0.717) is 31.1 Å². The Kier molecular flexibility index (Phi) is 5.02. The minimum atomic E-state index is -4.57. The predicted molar refractivity (Wildman–Crippen MR) is 76.4 cm³/mol. The van der Waals surface area contributed by atoms with Crippen molar-refractivity contribution in [1.82, 2.24) is 9.21 Å². The van der Waals surface area contributed by atoms with Crippen molar-refractivity contribution < 1.29 is 21.8 Å². The minimum Gasteiger partial charge on any atom is -0.493 e. The molecule has 1 aromatic rings. The third-order valence-electron chi connectivity index (χ3n) is 3.49. The largest absolute Gasteiger partial charge is 0.493 e. The molecular weight excluding hydrogens is 299 g/mol. The predicted octanol–water partition coefficient (Wildman–Crippen LogP) is 1.04. The Morgan fingerprint density at radius 2 is 1.71 bits per heavy atom. The van der Waals surface area contributed by atoms with Crippen LogP contribution in [0.3, 0.4) is 0 Å². The SMILES string of the molecule is COc1ccc(CN2CCN(S(=O)(=O)F)CC2)cc1OC. The first-order valence-electron chi connectivity index (χ1n) is 6.57. The highest BCUT2D eigenvalue weighted by molar-refractivity contribution is 7.83. The lowest BCUT2D eigenvalue weighted by Crippen LogP contribution is -2.47. The molecular formula is C13H19FN2O4S. The number of piperazine rings is 1. The first-order chi connectivity index (χ1) is 9.94. The van der Waals surface area contributed by atoms with E-state index >= 15 is 0 Å². The number of methoxy groups -OCH3 is 2. The molecule has 0 amide bonds. The number of benzene rings is 1. The third-order valence-corrected chi connectivity index (χ3v) is 4.48. The topological polar surface area (TPSA) is 59.1 Å². The summed E-state index contributed by atoms with van der Waals surface area (Å²) < 4.78 is 45.8. The van der Waals surface area contributed by atoms with E-state index in [4.69, 9.17) is 9.47 Å². The van der Waals surface area contributed by atoms with Gasteiger partial charge in [0.2, 0.25) is 0 Å². The number of ether oxygens (including phenoxy) is 2. The molecule has 0 aromatic heterocycles. The van der Waals surface area contributed by atoms with Gasteiger partial charge in [-0.2, -0.15) is 12.7 Å². The number of nitrogens with zero attached hydrogens (tertiary/aromatic N) is 2. The summed E-state index contributed by atoms with van der Waals surface area (Å²) in [6.45, 7) is 1.99. The second kappa shape index (κ2) is 6.59. The minimum absolute atomic E-state index is 0.173. The summed E-state index contributed by atoms with van der Waals surface area (Å²) in [5, 5.41) is 0. The van der Waals surface area contributed by atoms with E-state index in [2.05, 4.69) is 4.90 Å². The van der Waals surface area contributed by atoms with E-state index in [1.807, 2.05) is 18.2 Å².